The zero-order chi connectivity index (χ0) is 16.2. The molecule has 1 N–H and O–H groups in total. The van der Waals surface area contributed by atoms with Crippen molar-refractivity contribution < 1.29 is 0 Å². The number of hydrogen-bond donors (Lipinski definition) is 1. The van der Waals surface area contributed by atoms with E-state index in [1.165, 1.54) is 5.56 Å². The first-order valence-corrected chi connectivity index (χ1v) is 8.15. The number of nitrogens with zero attached hydrogens (tertiary/aromatic N) is 2. The van der Waals surface area contributed by atoms with Gasteiger partial charge in [-0.05, 0) is 43.7 Å². The van der Waals surface area contributed by atoms with Crippen LogP contribution in [0.4, 0.5) is 0 Å². The van der Waals surface area contributed by atoms with Crippen molar-refractivity contribution in [1.82, 2.24) is 15.3 Å². The van der Waals surface area contributed by atoms with Gasteiger partial charge < -0.3 is 5.32 Å². The smallest absolute Gasteiger partial charge is 0.129 e. The van der Waals surface area contributed by atoms with Gasteiger partial charge in [-0.1, -0.05) is 41.5 Å². The van der Waals surface area contributed by atoms with Crippen LogP contribution in [0.15, 0.2) is 0 Å². The SMILES string of the molecule is Cc1nc(CC(C)(C)C)nc(C)c1CC(C)CNC(C)C. The molecular weight excluding hydrogens is 258 g/mol. The van der Waals surface area contributed by atoms with E-state index >= 15 is 0 Å². The van der Waals surface area contributed by atoms with Gasteiger partial charge in [-0.3, -0.25) is 0 Å². The van der Waals surface area contributed by atoms with Crippen LogP contribution in [0.2, 0.25) is 0 Å². The Bertz CT molecular complexity index is 435. The van der Waals surface area contributed by atoms with E-state index in [1.807, 2.05) is 0 Å². The van der Waals surface area contributed by atoms with E-state index in [-0.39, 0.29) is 5.41 Å². The molecule has 0 bridgehead atoms. The normalized spacial score (nSPS) is 13.8. The molecule has 0 radical (unpaired) electrons. The Morgan fingerprint density at radius 2 is 1.52 bits per heavy atom. The largest absolute Gasteiger partial charge is 0.314 e. The molecule has 1 aromatic rings. The molecule has 0 fully saturated rings. The van der Waals surface area contributed by atoms with Gasteiger partial charge in [0.15, 0.2) is 0 Å². The molecular formula is C18H33N3. The molecule has 1 aromatic heterocycles. The van der Waals surface area contributed by atoms with Crippen LogP contribution in [-0.4, -0.2) is 22.6 Å². The molecule has 0 aliphatic carbocycles. The van der Waals surface area contributed by atoms with Crippen molar-refractivity contribution in [3.63, 3.8) is 0 Å². The molecule has 0 saturated carbocycles. The molecule has 0 saturated heterocycles. The van der Waals surface area contributed by atoms with Crippen molar-refractivity contribution in [2.75, 3.05) is 6.54 Å². The fourth-order valence-corrected chi connectivity index (χ4v) is 2.52. The van der Waals surface area contributed by atoms with Crippen molar-refractivity contribution in [1.29, 1.82) is 0 Å². The van der Waals surface area contributed by atoms with Gasteiger partial charge in [-0.25, -0.2) is 9.97 Å². The number of aryl methyl sites for hydroxylation is 2. The van der Waals surface area contributed by atoms with Gasteiger partial charge in [0.25, 0.3) is 0 Å². The monoisotopic (exact) mass is 291 g/mol. The van der Waals surface area contributed by atoms with Gasteiger partial charge >= 0.3 is 0 Å². The highest BCUT2D eigenvalue weighted by Crippen LogP contribution is 2.21. The minimum Gasteiger partial charge on any atom is -0.314 e. The van der Waals surface area contributed by atoms with Crippen LogP contribution in [0.3, 0.4) is 0 Å². The van der Waals surface area contributed by atoms with Crippen molar-refractivity contribution >= 4 is 0 Å². The Morgan fingerprint density at radius 3 is 1.95 bits per heavy atom. The molecule has 3 heteroatoms. The van der Waals surface area contributed by atoms with Crippen LogP contribution in [-0.2, 0) is 12.8 Å². The maximum Gasteiger partial charge on any atom is 0.129 e. The standard InChI is InChI=1S/C18H33N3/c1-12(2)19-11-13(3)9-16-14(4)20-17(21-15(16)5)10-18(6,7)8/h12-13,19H,9-11H2,1-8H3. The van der Waals surface area contributed by atoms with Crippen LogP contribution < -0.4 is 5.32 Å². The summed E-state index contributed by atoms with van der Waals surface area (Å²) in [6, 6.07) is 0.542. The van der Waals surface area contributed by atoms with Crippen LogP contribution in [0, 0.1) is 25.2 Å². The predicted octanol–water partition coefficient (Wildman–Crippen LogP) is 3.86. The lowest BCUT2D eigenvalue weighted by Gasteiger charge is -2.20. The minimum atomic E-state index is 0.231. The van der Waals surface area contributed by atoms with Gasteiger partial charge in [0.05, 0.1) is 0 Å². The summed E-state index contributed by atoms with van der Waals surface area (Å²) in [6.45, 7) is 18.6. The highest BCUT2D eigenvalue weighted by molar-refractivity contribution is 5.25. The highest BCUT2D eigenvalue weighted by atomic mass is 14.9. The molecule has 1 unspecified atom stereocenters. The van der Waals surface area contributed by atoms with Gasteiger partial charge in [-0.15, -0.1) is 0 Å². The summed E-state index contributed by atoms with van der Waals surface area (Å²) in [5.74, 6) is 1.58. The minimum absolute atomic E-state index is 0.231. The third-order valence-electron chi connectivity index (χ3n) is 3.58. The van der Waals surface area contributed by atoms with Crippen LogP contribution in [0.5, 0.6) is 0 Å². The maximum absolute atomic E-state index is 4.74. The number of hydrogen-bond acceptors (Lipinski definition) is 3. The summed E-state index contributed by atoms with van der Waals surface area (Å²) >= 11 is 0. The molecule has 0 amide bonds. The fraction of sp³-hybridized carbons (Fsp3) is 0.778. The molecule has 1 heterocycles. The molecule has 0 aliphatic heterocycles. The molecule has 1 rings (SSSR count). The first-order valence-electron chi connectivity index (χ1n) is 8.15. The van der Waals surface area contributed by atoms with E-state index in [0.29, 0.717) is 12.0 Å². The van der Waals surface area contributed by atoms with E-state index in [2.05, 4.69) is 60.7 Å². The summed E-state index contributed by atoms with van der Waals surface area (Å²) in [4.78, 5) is 9.47. The molecule has 1 atom stereocenters. The van der Waals surface area contributed by atoms with Crippen molar-refractivity contribution in [2.24, 2.45) is 11.3 Å². The lowest BCUT2D eigenvalue weighted by atomic mass is 9.91. The van der Waals surface area contributed by atoms with E-state index in [1.54, 1.807) is 0 Å². The Labute approximate surface area is 131 Å². The van der Waals surface area contributed by atoms with Crippen molar-refractivity contribution in [3.05, 3.63) is 22.8 Å². The highest BCUT2D eigenvalue weighted by Gasteiger charge is 2.17. The van der Waals surface area contributed by atoms with Crippen LogP contribution in [0.25, 0.3) is 0 Å². The van der Waals surface area contributed by atoms with E-state index in [9.17, 15) is 0 Å². The molecule has 21 heavy (non-hydrogen) atoms. The zero-order valence-electron chi connectivity index (χ0n) is 15.2. The number of nitrogens with one attached hydrogen (secondary N) is 1. The number of aromatic nitrogens is 2. The maximum atomic E-state index is 4.74. The van der Waals surface area contributed by atoms with Crippen molar-refractivity contribution in [2.45, 2.75) is 74.3 Å². The quantitative estimate of drug-likeness (QED) is 0.865. The summed E-state index contributed by atoms with van der Waals surface area (Å²) in [6.07, 6.45) is 1.98. The first-order chi connectivity index (χ1) is 9.58. The third kappa shape index (κ3) is 6.56. The average Bonchev–Trinajstić information content (AvgIpc) is 2.29. The number of rotatable bonds is 6. The van der Waals surface area contributed by atoms with Gasteiger partial charge in [0.2, 0.25) is 0 Å². The predicted molar refractivity (Wildman–Crippen MR) is 90.7 cm³/mol. The summed E-state index contributed by atoms with van der Waals surface area (Å²) in [5, 5.41) is 3.51. The third-order valence-corrected chi connectivity index (χ3v) is 3.58. The van der Waals surface area contributed by atoms with E-state index in [0.717, 1.165) is 36.6 Å². The lowest BCUT2D eigenvalue weighted by Crippen LogP contribution is -2.29. The van der Waals surface area contributed by atoms with Gasteiger partial charge in [-0.2, -0.15) is 0 Å². The first kappa shape index (κ1) is 18.1. The molecule has 0 aromatic carbocycles. The summed E-state index contributed by atoms with van der Waals surface area (Å²) in [7, 11) is 0. The lowest BCUT2D eigenvalue weighted by molar-refractivity contribution is 0.399. The zero-order valence-corrected chi connectivity index (χ0v) is 15.2. The van der Waals surface area contributed by atoms with E-state index < -0.39 is 0 Å². The Balaban J connectivity index is 2.80. The van der Waals surface area contributed by atoms with E-state index in [4.69, 9.17) is 9.97 Å². The molecule has 120 valence electrons. The Hall–Kier alpha value is -0.960. The van der Waals surface area contributed by atoms with Gasteiger partial charge in [0.1, 0.15) is 5.82 Å². The molecule has 0 spiro atoms. The fourth-order valence-electron chi connectivity index (χ4n) is 2.52. The van der Waals surface area contributed by atoms with Crippen molar-refractivity contribution in [3.8, 4) is 0 Å². The summed E-state index contributed by atoms with van der Waals surface area (Å²) < 4.78 is 0. The second kappa shape index (κ2) is 7.35. The second-order valence-corrected chi connectivity index (χ2v) is 7.90. The average molecular weight is 291 g/mol. The second-order valence-electron chi connectivity index (χ2n) is 7.90. The van der Waals surface area contributed by atoms with Gasteiger partial charge in [0, 0.05) is 23.9 Å². The molecule has 0 aliphatic rings. The topological polar surface area (TPSA) is 37.8 Å². The van der Waals surface area contributed by atoms with Crippen LogP contribution >= 0.6 is 0 Å². The summed E-state index contributed by atoms with van der Waals surface area (Å²) in [5.41, 5.74) is 3.86. The Morgan fingerprint density at radius 1 is 1.00 bits per heavy atom. The van der Waals surface area contributed by atoms with Crippen LogP contribution in [0.1, 0.15) is 64.3 Å². The molecule has 3 nitrogen and oxygen atoms in total. The Kier molecular flexibility index (Phi) is 6.33.